The molecular formula is C13H10Cl2FNO4S2. The summed E-state index contributed by atoms with van der Waals surface area (Å²) in [6, 6.07) is 7.49. The number of anilines is 1. The lowest BCUT2D eigenvalue weighted by atomic mass is 10.3. The van der Waals surface area contributed by atoms with Crippen LogP contribution in [-0.2, 0) is 19.9 Å². The molecule has 0 aliphatic rings. The normalized spacial score (nSPS) is 12.2. The Morgan fingerprint density at radius 1 is 0.957 bits per heavy atom. The molecule has 0 unspecified atom stereocenters. The highest BCUT2D eigenvalue weighted by molar-refractivity contribution is 7.93. The predicted molar refractivity (Wildman–Crippen MR) is 86.8 cm³/mol. The maximum absolute atomic E-state index is 13.7. The Kier molecular flexibility index (Phi) is 4.91. The monoisotopic (exact) mass is 397 g/mol. The van der Waals surface area contributed by atoms with Crippen molar-refractivity contribution >= 4 is 48.7 Å². The number of hydrogen-bond acceptors (Lipinski definition) is 4. The Balaban J connectivity index is 2.55. The molecule has 2 aromatic rings. The van der Waals surface area contributed by atoms with Crippen LogP contribution >= 0.6 is 23.2 Å². The van der Waals surface area contributed by atoms with Crippen molar-refractivity contribution in [2.24, 2.45) is 0 Å². The van der Waals surface area contributed by atoms with Gasteiger partial charge < -0.3 is 0 Å². The quantitative estimate of drug-likeness (QED) is 0.802. The van der Waals surface area contributed by atoms with E-state index in [-0.39, 0.29) is 15.6 Å². The maximum atomic E-state index is 13.7. The van der Waals surface area contributed by atoms with Gasteiger partial charge in [-0.05, 0) is 24.3 Å². The van der Waals surface area contributed by atoms with Crippen molar-refractivity contribution in [2.45, 2.75) is 9.79 Å². The van der Waals surface area contributed by atoms with Gasteiger partial charge in [-0.15, -0.1) is 0 Å². The molecular weight excluding hydrogens is 388 g/mol. The average Bonchev–Trinajstić information content (AvgIpc) is 2.43. The number of nitrogens with one attached hydrogen (secondary N) is 1. The van der Waals surface area contributed by atoms with Gasteiger partial charge in [0.25, 0.3) is 10.0 Å². The molecule has 0 amide bonds. The molecule has 23 heavy (non-hydrogen) atoms. The highest BCUT2D eigenvalue weighted by Crippen LogP contribution is 2.31. The zero-order valence-electron chi connectivity index (χ0n) is 11.5. The van der Waals surface area contributed by atoms with Crippen molar-refractivity contribution in [1.29, 1.82) is 0 Å². The predicted octanol–water partition coefficient (Wildman–Crippen LogP) is 3.34. The van der Waals surface area contributed by atoms with E-state index in [1.807, 2.05) is 0 Å². The lowest BCUT2D eigenvalue weighted by molar-refractivity contribution is 0.595. The van der Waals surface area contributed by atoms with Crippen molar-refractivity contribution in [2.75, 3.05) is 11.0 Å². The molecule has 0 fully saturated rings. The minimum atomic E-state index is -4.31. The maximum Gasteiger partial charge on any atom is 0.263 e. The van der Waals surface area contributed by atoms with Gasteiger partial charge in [0.2, 0.25) is 0 Å². The van der Waals surface area contributed by atoms with Crippen molar-refractivity contribution in [3.63, 3.8) is 0 Å². The summed E-state index contributed by atoms with van der Waals surface area (Å²) in [6.07, 6.45) is 0.940. The van der Waals surface area contributed by atoms with Crippen molar-refractivity contribution in [3.8, 4) is 0 Å². The first-order valence-corrected chi connectivity index (χ1v) is 10.1. The van der Waals surface area contributed by atoms with Crippen molar-refractivity contribution < 1.29 is 21.2 Å². The van der Waals surface area contributed by atoms with E-state index >= 15 is 0 Å². The summed E-state index contributed by atoms with van der Waals surface area (Å²) in [6.45, 7) is 0. The van der Waals surface area contributed by atoms with Gasteiger partial charge in [0, 0.05) is 6.26 Å². The highest BCUT2D eigenvalue weighted by atomic mass is 35.5. The molecule has 2 rings (SSSR count). The number of rotatable bonds is 4. The van der Waals surface area contributed by atoms with Crippen molar-refractivity contribution in [3.05, 3.63) is 52.3 Å². The Morgan fingerprint density at radius 3 is 2.17 bits per heavy atom. The largest absolute Gasteiger partial charge is 0.278 e. The van der Waals surface area contributed by atoms with Gasteiger partial charge in [-0.3, -0.25) is 4.72 Å². The molecule has 0 radical (unpaired) electrons. The Labute approximate surface area is 143 Å². The van der Waals surface area contributed by atoms with Crippen molar-refractivity contribution in [1.82, 2.24) is 0 Å². The summed E-state index contributed by atoms with van der Waals surface area (Å²) in [5.41, 5.74) is -0.165. The van der Waals surface area contributed by atoms with Gasteiger partial charge in [0.05, 0.1) is 20.6 Å². The number of benzene rings is 2. The van der Waals surface area contributed by atoms with Crippen LogP contribution in [0.5, 0.6) is 0 Å². The number of sulfone groups is 1. The molecule has 10 heteroatoms. The first-order valence-electron chi connectivity index (χ1n) is 5.99. The third-order valence-electron chi connectivity index (χ3n) is 2.82. The molecule has 0 atom stereocenters. The third kappa shape index (κ3) is 3.77. The van der Waals surface area contributed by atoms with Crippen LogP contribution in [-0.4, -0.2) is 23.1 Å². The fraction of sp³-hybridized carbons (Fsp3) is 0.0769. The zero-order chi connectivity index (χ0) is 17.4. The topological polar surface area (TPSA) is 80.3 Å². The van der Waals surface area contributed by atoms with Gasteiger partial charge >= 0.3 is 0 Å². The standard InChI is InChI=1S/C13H10Cl2FNO4S2/c1-22(18,19)10-5-3-2-4-9(10)17-23(20,21)11-7-6-8(14)13(16)12(11)15/h2-7,17H,1H3. The second kappa shape index (κ2) is 6.27. The fourth-order valence-electron chi connectivity index (χ4n) is 1.79. The van der Waals surface area contributed by atoms with Crippen LogP contribution in [0, 0.1) is 5.82 Å². The van der Waals surface area contributed by atoms with E-state index in [9.17, 15) is 21.2 Å². The molecule has 0 spiro atoms. The van der Waals surface area contributed by atoms with E-state index < -0.39 is 35.6 Å². The van der Waals surface area contributed by atoms with E-state index in [4.69, 9.17) is 23.2 Å². The molecule has 2 aromatic carbocycles. The lowest BCUT2D eigenvalue weighted by Gasteiger charge is -2.13. The van der Waals surface area contributed by atoms with E-state index in [0.29, 0.717) is 0 Å². The molecule has 0 saturated carbocycles. The van der Waals surface area contributed by atoms with Crippen LogP contribution in [0.25, 0.3) is 0 Å². The SMILES string of the molecule is CS(=O)(=O)c1ccccc1NS(=O)(=O)c1ccc(Cl)c(F)c1Cl. The molecule has 124 valence electrons. The molecule has 0 aromatic heterocycles. The molecule has 5 nitrogen and oxygen atoms in total. The second-order valence-electron chi connectivity index (χ2n) is 4.55. The van der Waals surface area contributed by atoms with Gasteiger partial charge in [-0.1, -0.05) is 35.3 Å². The van der Waals surface area contributed by atoms with Gasteiger partial charge in [-0.25, -0.2) is 21.2 Å². The van der Waals surface area contributed by atoms with Crippen LogP contribution in [0.3, 0.4) is 0 Å². The van der Waals surface area contributed by atoms with Crippen LogP contribution < -0.4 is 4.72 Å². The number of para-hydroxylation sites is 1. The van der Waals surface area contributed by atoms with Crippen LogP contribution in [0.2, 0.25) is 10.0 Å². The van der Waals surface area contributed by atoms with E-state index in [2.05, 4.69) is 4.72 Å². The summed E-state index contributed by atoms with van der Waals surface area (Å²) in [5, 5.41) is -1.01. The smallest absolute Gasteiger partial charge is 0.263 e. The lowest BCUT2D eigenvalue weighted by Crippen LogP contribution is -2.16. The molecule has 0 saturated heterocycles. The summed E-state index contributed by atoms with van der Waals surface area (Å²) < 4.78 is 63.9. The number of sulfonamides is 1. The van der Waals surface area contributed by atoms with Crippen LogP contribution in [0.4, 0.5) is 10.1 Å². The second-order valence-corrected chi connectivity index (χ2v) is 8.97. The first-order chi connectivity index (χ1) is 10.5. The zero-order valence-corrected chi connectivity index (χ0v) is 14.7. The van der Waals surface area contributed by atoms with E-state index in [1.165, 1.54) is 24.3 Å². The van der Waals surface area contributed by atoms with E-state index in [0.717, 1.165) is 18.4 Å². The molecule has 0 bridgehead atoms. The molecule has 0 aliphatic heterocycles. The van der Waals surface area contributed by atoms with Gasteiger partial charge in [0.15, 0.2) is 15.7 Å². The minimum absolute atomic E-state index is 0.165. The Morgan fingerprint density at radius 2 is 1.57 bits per heavy atom. The number of hydrogen-bond donors (Lipinski definition) is 1. The average molecular weight is 398 g/mol. The van der Waals surface area contributed by atoms with Crippen LogP contribution in [0.15, 0.2) is 46.2 Å². The molecule has 1 N–H and O–H groups in total. The van der Waals surface area contributed by atoms with E-state index in [1.54, 1.807) is 0 Å². The van der Waals surface area contributed by atoms with Gasteiger partial charge in [-0.2, -0.15) is 0 Å². The summed E-state index contributed by atoms with van der Waals surface area (Å²) in [4.78, 5) is -0.765. The Bertz CT molecular complexity index is 975. The summed E-state index contributed by atoms with van der Waals surface area (Å²) in [5.74, 6) is -1.08. The fourth-order valence-corrected chi connectivity index (χ4v) is 4.52. The Hall–Kier alpha value is -1.35. The summed E-state index contributed by atoms with van der Waals surface area (Å²) >= 11 is 11.2. The van der Waals surface area contributed by atoms with Crippen LogP contribution in [0.1, 0.15) is 0 Å². The number of halogens is 3. The van der Waals surface area contributed by atoms with Gasteiger partial charge in [0.1, 0.15) is 4.90 Å². The molecule has 0 heterocycles. The first kappa shape index (κ1) is 18.0. The summed E-state index contributed by atoms with van der Waals surface area (Å²) in [7, 11) is -7.98. The highest BCUT2D eigenvalue weighted by Gasteiger charge is 2.24. The molecule has 0 aliphatic carbocycles. The minimum Gasteiger partial charge on any atom is -0.278 e. The third-order valence-corrected chi connectivity index (χ3v) is 6.16.